The highest BCUT2D eigenvalue weighted by atomic mass is 35.5. The lowest BCUT2D eigenvalue weighted by molar-refractivity contribution is 0.0999. The molecule has 0 bridgehead atoms. The van der Waals surface area contributed by atoms with Crippen LogP contribution in [0, 0.1) is 6.92 Å². The van der Waals surface area contributed by atoms with Crippen LogP contribution >= 0.6 is 11.6 Å². The number of carbonyl (C=O) groups excluding carboxylic acids is 1. The van der Waals surface area contributed by atoms with E-state index in [1.807, 2.05) is 12.1 Å². The topological polar surface area (TPSA) is 56.0 Å². The van der Waals surface area contributed by atoms with Crippen molar-refractivity contribution in [2.75, 3.05) is 0 Å². The zero-order valence-electron chi connectivity index (χ0n) is 9.27. The van der Waals surface area contributed by atoms with Gasteiger partial charge < -0.3 is 5.73 Å². The molecule has 4 heteroatoms. The molecular formula is C13H11ClN2O. The van der Waals surface area contributed by atoms with Crippen LogP contribution in [-0.2, 0) is 0 Å². The molecule has 0 aliphatic rings. The first-order chi connectivity index (χ1) is 8.08. The predicted octanol–water partition coefficient (Wildman–Crippen LogP) is 2.81. The highest BCUT2D eigenvalue weighted by molar-refractivity contribution is 6.30. The number of halogens is 1. The maximum absolute atomic E-state index is 11.2. The summed E-state index contributed by atoms with van der Waals surface area (Å²) in [6.07, 6.45) is 1.71. The summed E-state index contributed by atoms with van der Waals surface area (Å²) < 4.78 is 0. The van der Waals surface area contributed by atoms with E-state index in [1.54, 1.807) is 31.3 Å². The first-order valence-electron chi connectivity index (χ1n) is 5.10. The average molecular weight is 247 g/mol. The van der Waals surface area contributed by atoms with Crippen molar-refractivity contribution in [1.29, 1.82) is 0 Å². The number of pyridine rings is 1. The number of benzene rings is 1. The van der Waals surface area contributed by atoms with Gasteiger partial charge in [0.05, 0.1) is 11.3 Å². The van der Waals surface area contributed by atoms with Crippen molar-refractivity contribution in [2.45, 2.75) is 6.92 Å². The summed E-state index contributed by atoms with van der Waals surface area (Å²) in [7, 11) is 0. The van der Waals surface area contributed by atoms with Crippen LogP contribution in [0.15, 0.2) is 36.5 Å². The molecule has 1 amide bonds. The Hall–Kier alpha value is -1.87. The van der Waals surface area contributed by atoms with Crippen molar-refractivity contribution in [3.63, 3.8) is 0 Å². The molecule has 2 aromatic rings. The van der Waals surface area contributed by atoms with E-state index in [2.05, 4.69) is 4.98 Å². The quantitative estimate of drug-likeness (QED) is 0.886. The Labute approximate surface area is 104 Å². The van der Waals surface area contributed by atoms with Crippen molar-refractivity contribution in [3.05, 3.63) is 52.8 Å². The van der Waals surface area contributed by atoms with Gasteiger partial charge in [0.2, 0.25) is 0 Å². The lowest BCUT2D eigenvalue weighted by Crippen LogP contribution is -2.13. The number of rotatable bonds is 2. The number of aromatic nitrogens is 1. The van der Waals surface area contributed by atoms with Gasteiger partial charge in [-0.1, -0.05) is 23.7 Å². The molecule has 2 rings (SSSR count). The van der Waals surface area contributed by atoms with E-state index in [4.69, 9.17) is 17.3 Å². The molecule has 0 unspecified atom stereocenters. The first-order valence-corrected chi connectivity index (χ1v) is 5.48. The Morgan fingerprint density at radius 3 is 2.47 bits per heavy atom. The Kier molecular flexibility index (Phi) is 3.11. The highest BCUT2D eigenvalue weighted by Gasteiger charge is 2.08. The standard InChI is InChI=1S/C13H11ClN2O/c1-8-12(13(15)17)6-10(7-16-8)9-2-4-11(14)5-3-9/h2-7H,1H3,(H2,15,17). The zero-order chi connectivity index (χ0) is 12.4. The minimum absolute atomic E-state index is 0.442. The SMILES string of the molecule is Cc1ncc(-c2ccc(Cl)cc2)cc1C(N)=O. The summed E-state index contributed by atoms with van der Waals surface area (Å²) in [6, 6.07) is 9.08. The predicted molar refractivity (Wildman–Crippen MR) is 67.9 cm³/mol. The molecule has 86 valence electrons. The highest BCUT2D eigenvalue weighted by Crippen LogP contribution is 2.22. The molecule has 0 fully saturated rings. The van der Waals surface area contributed by atoms with Gasteiger partial charge in [-0.15, -0.1) is 0 Å². The Morgan fingerprint density at radius 2 is 1.88 bits per heavy atom. The molecule has 0 saturated carbocycles. The van der Waals surface area contributed by atoms with Crippen LogP contribution in [0.5, 0.6) is 0 Å². The Morgan fingerprint density at radius 1 is 1.24 bits per heavy atom. The minimum Gasteiger partial charge on any atom is -0.366 e. The van der Waals surface area contributed by atoms with E-state index in [-0.39, 0.29) is 0 Å². The van der Waals surface area contributed by atoms with Crippen LogP contribution in [0.1, 0.15) is 16.1 Å². The summed E-state index contributed by atoms with van der Waals surface area (Å²) in [6.45, 7) is 1.76. The molecule has 2 N–H and O–H groups in total. The third kappa shape index (κ3) is 2.45. The molecule has 1 aromatic carbocycles. The van der Waals surface area contributed by atoms with E-state index >= 15 is 0 Å². The van der Waals surface area contributed by atoms with E-state index in [9.17, 15) is 4.79 Å². The van der Waals surface area contributed by atoms with Crippen LogP contribution in [0.25, 0.3) is 11.1 Å². The van der Waals surface area contributed by atoms with E-state index < -0.39 is 5.91 Å². The fraction of sp³-hybridized carbons (Fsp3) is 0.0769. The second-order valence-corrected chi connectivity index (χ2v) is 4.16. The fourth-order valence-corrected chi connectivity index (χ4v) is 1.71. The van der Waals surface area contributed by atoms with Gasteiger partial charge in [-0.2, -0.15) is 0 Å². The Bertz CT molecular complexity index is 564. The lowest BCUT2D eigenvalue weighted by atomic mass is 10.0. The Balaban J connectivity index is 2.50. The van der Waals surface area contributed by atoms with Crippen LogP contribution in [0.4, 0.5) is 0 Å². The van der Waals surface area contributed by atoms with Crippen molar-refractivity contribution >= 4 is 17.5 Å². The number of carbonyl (C=O) groups is 1. The second kappa shape index (κ2) is 4.55. The van der Waals surface area contributed by atoms with Gasteiger partial charge in [0.25, 0.3) is 5.91 Å². The molecule has 17 heavy (non-hydrogen) atoms. The number of nitrogens with zero attached hydrogens (tertiary/aromatic N) is 1. The number of amides is 1. The molecule has 0 aliphatic heterocycles. The van der Waals surface area contributed by atoms with Gasteiger partial charge in [0.1, 0.15) is 0 Å². The van der Waals surface area contributed by atoms with Gasteiger partial charge in [0.15, 0.2) is 0 Å². The van der Waals surface area contributed by atoms with Gasteiger partial charge >= 0.3 is 0 Å². The van der Waals surface area contributed by atoms with Gasteiger partial charge in [-0.05, 0) is 30.7 Å². The summed E-state index contributed by atoms with van der Waals surface area (Å²) in [5.41, 5.74) is 8.16. The van der Waals surface area contributed by atoms with E-state index in [0.717, 1.165) is 11.1 Å². The summed E-state index contributed by atoms with van der Waals surface area (Å²) in [5.74, 6) is -0.467. The van der Waals surface area contributed by atoms with E-state index in [1.165, 1.54) is 0 Å². The average Bonchev–Trinajstić information content (AvgIpc) is 2.30. The maximum Gasteiger partial charge on any atom is 0.250 e. The molecule has 0 saturated heterocycles. The summed E-state index contributed by atoms with van der Waals surface area (Å²) in [4.78, 5) is 15.4. The van der Waals surface area contributed by atoms with E-state index in [0.29, 0.717) is 16.3 Å². The van der Waals surface area contributed by atoms with Gasteiger partial charge in [-0.25, -0.2) is 0 Å². The molecule has 1 aromatic heterocycles. The third-order valence-electron chi connectivity index (χ3n) is 2.53. The molecule has 0 radical (unpaired) electrons. The number of hydrogen-bond acceptors (Lipinski definition) is 2. The number of aryl methyl sites for hydroxylation is 1. The smallest absolute Gasteiger partial charge is 0.250 e. The normalized spacial score (nSPS) is 10.2. The largest absolute Gasteiger partial charge is 0.366 e. The molecule has 0 spiro atoms. The number of nitrogens with two attached hydrogens (primary N) is 1. The molecular weight excluding hydrogens is 236 g/mol. The number of primary amides is 1. The molecule has 1 heterocycles. The van der Waals surface area contributed by atoms with Gasteiger partial charge in [-0.3, -0.25) is 9.78 Å². The summed E-state index contributed by atoms with van der Waals surface area (Å²) >= 11 is 5.82. The zero-order valence-corrected chi connectivity index (χ0v) is 10.0. The van der Waals surface area contributed by atoms with Crippen molar-refractivity contribution in [2.24, 2.45) is 5.73 Å². The molecule has 0 aliphatic carbocycles. The van der Waals surface area contributed by atoms with Crippen LogP contribution < -0.4 is 5.73 Å². The van der Waals surface area contributed by atoms with Gasteiger partial charge in [0, 0.05) is 16.8 Å². The first kappa shape index (κ1) is 11.6. The minimum atomic E-state index is -0.467. The molecule has 3 nitrogen and oxygen atoms in total. The maximum atomic E-state index is 11.2. The number of hydrogen-bond donors (Lipinski definition) is 1. The monoisotopic (exact) mass is 246 g/mol. The van der Waals surface area contributed by atoms with Crippen LogP contribution in [0.3, 0.4) is 0 Å². The lowest BCUT2D eigenvalue weighted by Gasteiger charge is -2.05. The van der Waals surface area contributed by atoms with Crippen molar-refractivity contribution in [1.82, 2.24) is 4.98 Å². The third-order valence-corrected chi connectivity index (χ3v) is 2.78. The van der Waals surface area contributed by atoms with Crippen LogP contribution in [0.2, 0.25) is 5.02 Å². The molecule has 0 atom stereocenters. The fourth-order valence-electron chi connectivity index (χ4n) is 1.58. The summed E-state index contributed by atoms with van der Waals surface area (Å²) in [5, 5.41) is 0.670. The van der Waals surface area contributed by atoms with Crippen molar-refractivity contribution in [3.8, 4) is 11.1 Å². The van der Waals surface area contributed by atoms with Crippen molar-refractivity contribution < 1.29 is 4.79 Å². The second-order valence-electron chi connectivity index (χ2n) is 3.73. The van der Waals surface area contributed by atoms with Crippen LogP contribution in [-0.4, -0.2) is 10.9 Å².